The average molecular weight is 283 g/mol. The van der Waals surface area contributed by atoms with Crippen molar-refractivity contribution < 1.29 is 4.79 Å². The van der Waals surface area contributed by atoms with Crippen LogP contribution in [0.2, 0.25) is 0 Å². The highest BCUT2D eigenvalue weighted by atomic mass is 16.2. The van der Waals surface area contributed by atoms with E-state index in [0.29, 0.717) is 5.92 Å². The van der Waals surface area contributed by atoms with Gasteiger partial charge in [-0.3, -0.25) is 0 Å². The predicted octanol–water partition coefficient (Wildman–Crippen LogP) is 3.73. The fourth-order valence-electron chi connectivity index (χ4n) is 3.06. The Morgan fingerprint density at radius 1 is 1.14 bits per heavy atom. The highest BCUT2D eigenvalue weighted by Gasteiger charge is 2.32. The Hall–Kier alpha value is -2.23. The number of hydrogen-bond acceptors (Lipinski definition) is 1. The van der Waals surface area contributed by atoms with Gasteiger partial charge in [0, 0.05) is 30.7 Å². The first kappa shape index (κ1) is 13.7. The molecule has 4 heteroatoms. The molecule has 2 heterocycles. The van der Waals surface area contributed by atoms with Gasteiger partial charge in [-0.2, -0.15) is 0 Å². The highest BCUT2D eigenvalue weighted by Crippen LogP contribution is 2.32. The van der Waals surface area contributed by atoms with Crippen LogP contribution >= 0.6 is 0 Å². The molecule has 0 spiro atoms. The zero-order valence-corrected chi connectivity index (χ0v) is 12.5. The fraction of sp³-hybridized carbons (Fsp3) is 0.353. The maximum Gasteiger partial charge on any atom is 0.322 e. The quantitative estimate of drug-likeness (QED) is 0.896. The second kappa shape index (κ2) is 5.64. The Morgan fingerprint density at radius 2 is 1.90 bits per heavy atom. The SMILES string of the molecule is CC(C)[C@@H]1c2cccn2CCN1C(=O)Nc1ccccc1. The van der Waals surface area contributed by atoms with Crippen molar-refractivity contribution in [1.82, 2.24) is 9.47 Å². The van der Waals surface area contributed by atoms with Crippen molar-refractivity contribution in [2.45, 2.75) is 26.4 Å². The van der Waals surface area contributed by atoms with Crippen molar-refractivity contribution in [3.05, 3.63) is 54.4 Å². The number of urea groups is 1. The molecular formula is C17H21N3O. The number of para-hydroxylation sites is 1. The summed E-state index contributed by atoms with van der Waals surface area (Å²) in [5.74, 6) is 0.375. The molecule has 1 aliphatic rings. The lowest BCUT2D eigenvalue weighted by Gasteiger charge is -2.39. The van der Waals surface area contributed by atoms with Gasteiger partial charge in [-0.15, -0.1) is 0 Å². The molecule has 2 amide bonds. The van der Waals surface area contributed by atoms with Crippen LogP contribution in [0.15, 0.2) is 48.7 Å². The molecule has 0 fully saturated rings. The third kappa shape index (κ3) is 2.66. The van der Waals surface area contributed by atoms with Crippen molar-refractivity contribution in [2.75, 3.05) is 11.9 Å². The molecular weight excluding hydrogens is 262 g/mol. The summed E-state index contributed by atoms with van der Waals surface area (Å²) in [6, 6.07) is 13.9. The average Bonchev–Trinajstić information content (AvgIpc) is 2.95. The van der Waals surface area contributed by atoms with Crippen molar-refractivity contribution >= 4 is 11.7 Å². The molecule has 4 nitrogen and oxygen atoms in total. The van der Waals surface area contributed by atoms with Gasteiger partial charge < -0.3 is 14.8 Å². The lowest BCUT2D eigenvalue weighted by molar-refractivity contribution is 0.144. The Labute approximate surface area is 125 Å². The van der Waals surface area contributed by atoms with Crippen LogP contribution in [0.4, 0.5) is 10.5 Å². The van der Waals surface area contributed by atoms with Crippen LogP contribution in [-0.2, 0) is 6.54 Å². The van der Waals surface area contributed by atoms with Crippen LogP contribution in [0.1, 0.15) is 25.6 Å². The van der Waals surface area contributed by atoms with E-state index < -0.39 is 0 Å². The molecule has 2 aromatic rings. The number of fused-ring (bicyclic) bond motifs is 1. The minimum Gasteiger partial charge on any atom is -0.348 e. The van der Waals surface area contributed by atoms with Crippen LogP contribution in [-0.4, -0.2) is 22.0 Å². The smallest absolute Gasteiger partial charge is 0.322 e. The maximum atomic E-state index is 12.6. The number of carbonyl (C=O) groups excluding carboxylic acids is 1. The third-order valence-electron chi connectivity index (χ3n) is 4.00. The first-order valence-corrected chi connectivity index (χ1v) is 7.44. The largest absolute Gasteiger partial charge is 0.348 e. The summed E-state index contributed by atoms with van der Waals surface area (Å²) < 4.78 is 2.25. The number of carbonyl (C=O) groups is 1. The van der Waals surface area contributed by atoms with E-state index in [2.05, 4.69) is 42.1 Å². The molecule has 1 N–H and O–H groups in total. The molecule has 0 unspecified atom stereocenters. The minimum atomic E-state index is -0.0210. The molecule has 0 saturated heterocycles. The van der Waals surface area contributed by atoms with Gasteiger partial charge in [0.25, 0.3) is 0 Å². The Balaban J connectivity index is 1.83. The lowest BCUT2D eigenvalue weighted by Crippen LogP contribution is -2.45. The van der Waals surface area contributed by atoms with Gasteiger partial charge in [0.05, 0.1) is 6.04 Å². The van der Waals surface area contributed by atoms with Crippen LogP contribution in [0.25, 0.3) is 0 Å². The van der Waals surface area contributed by atoms with Crippen LogP contribution in [0.5, 0.6) is 0 Å². The van der Waals surface area contributed by atoms with Gasteiger partial charge in [0.1, 0.15) is 0 Å². The zero-order valence-electron chi connectivity index (χ0n) is 12.5. The van der Waals surface area contributed by atoms with Crippen LogP contribution < -0.4 is 5.32 Å². The second-order valence-corrected chi connectivity index (χ2v) is 5.80. The van der Waals surface area contributed by atoms with E-state index in [1.54, 1.807) is 0 Å². The summed E-state index contributed by atoms with van der Waals surface area (Å²) in [6.45, 7) is 5.92. The van der Waals surface area contributed by atoms with Gasteiger partial charge in [-0.1, -0.05) is 32.0 Å². The van der Waals surface area contributed by atoms with Crippen molar-refractivity contribution in [1.29, 1.82) is 0 Å². The monoisotopic (exact) mass is 283 g/mol. The summed E-state index contributed by atoms with van der Waals surface area (Å²) >= 11 is 0. The minimum absolute atomic E-state index is 0.0210. The predicted molar refractivity (Wildman–Crippen MR) is 84.2 cm³/mol. The number of amides is 2. The van der Waals surface area contributed by atoms with E-state index in [1.807, 2.05) is 35.2 Å². The molecule has 1 aromatic heterocycles. The maximum absolute atomic E-state index is 12.6. The molecule has 0 aliphatic carbocycles. The summed E-state index contributed by atoms with van der Waals surface area (Å²) in [4.78, 5) is 14.6. The molecule has 21 heavy (non-hydrogen) atoms. The normalized spacial score (nSPS) is 17.7. The highest BCUT2D eigenvalue weighted by molar-refractivity contribution is 5.89. The van der Waals surface area contributed by atoms with Gasteiger partial charge in [0.15, 0.2) is 0 Å². The first-order chi connectivity index (χ1) is 10.2. The van der Waals surface area contributed by atoms with E-state index >= 15 is 0 Å². The third-order valence-corrected chi connectivity index (χ3v) is 4.00. The second-order valence-electron chi connectivity index (χ2n) is 5.80. The number of nitrogens with zero attached hydrogens (tertiary/aromatic N) is 2. The standard InChI is InChI=1S/C17H21N3O/c1-13(2)16-15-9-6-10-19(15)11-12-20(16)17(21)18-14-7-4-3-5-8-14/h3-10,13,16H,11-12H2,1-2H3,(H,18,21)/t16-/m1/s1. The lowest BCUT2D eigenvalue weighted by atomic mass is 9.97. The van der Waals surface area contributed by atoms with Crippen LogP contribution in [0.3, 0.4) is 0 Å². The summed E-state index contributed by atoms with van der Waals surface area (Å²) in [6.07, 6.45) is 2.09. The number of hydrogen-bond donors (Lipinski definition) is 1. The Bertz CT molecular complexity index is 618. The molecule has 0 bridgehead atoms. The van der Waals surface area contributed by atoms with Gasteiger partial charge >= 0.3 is 6.03 Å². The van der Waals surface area contributed by atoms with Crippen molar-refractivity contribution in [3.8, 4) is 0 Å². The molecule has 1 atom stereocenters. The summed E-state index contributed by atoms with van der Waals surface area (Å²) in [5.41, 5.74) is 2.06. The number of aromatic nitrogens is 1. The summed E-state index contributed by atoms with van der Waals surface area (Å²) in [7, 11) is 0. The van der Waals surface area contributed by atoms with Gasteiger partial charge in [-0.25, -0.2) is 4.79 Å². The van der Waals surface area contributed by atoms with Crippen molar-refractivity contribution in [2.24, 2.45) is 5.92 Å². The number of benzene rings is 1. The number of rotatable bonds is 2. The Morgan fingerprint density at radius 3 is 2.62 bits per heavy atom. The zero-order chi connectivity index (χ0) is 14.8. The van der Waals surface area contributed by atoms with E-state index in [0.717, 1.165) is 18.8 Å². The van der Waals surface area contributed by atoms with Gasteiger partial charge in [0.2, 0.25) is 0 Å². The molecule has 1 aromatic carbocycles. The van der Waals surface area contributed by atoms with Crippen LogP contribution in [0, 0.1) is 5.92 Å². The van der Waals surface area contributed by atoms with Crippen molar-refractivity contribution in [3.63, 3.8) is 0 Å². The Kier molecular flexibility index (Phi) is 3.69. The molecule has 3 rings (SSSR count). The molecule has 0 radical (unpaired) electrons. The van der Waals surface area contributed by atoms with Gasteiger partial charge in [-0.05, 0) is 30.2 Å². The topological polar surface area (TPSA) is 37.3 Å². The molecule has 0 saturated carbocycles. The number of nitrogens with one attached hydrogen (secondary N) is 1. The van der Waals surface area contributed by atoms with E-state index in [-0.39, 0.29) is 12.1 Å². The molecule has 1 aliphatic heterocycles. The fourth-order valence-corrected chi connectivity index (χ4v) is 3.06. The van der Waals surface area contributed by atoms with E-state index in [4.69, 9.17) is 0 Å². The van der Waals surface area contributed by atoms with E-state index in [1.165, 1.54) is 5.69 Å². The summed E-state index contributed by atoms with van der Waals surface area (Å²) in [5, 5.41) is 3.00. The first-order valence-electron chi connectivity index (χ1n) is 7.44. The number of anilines is 1. The van der Waals surface area contributed by atoms with E-state index in [9.17, 15) is 4.79 Å². The molecule has 110 valence electrons.